The Balaban J connectivity index is 0.000000211. The van der Waals surface area contributed by atoms with Gasteiger partial charge < -0.3 is 14.4 Å². The van der Waals surface area contributed by atoms with Crippen molar-refractivity contribution in [2.45, 2.75) is 84.3 Å². The number of hydrogen-bond donors (Lipinski definition) is 0. The Labute approximate surface area is 332 Å². The number of fused-ring (bicyclic) bond motifs is 3. The van der Waals surface area contributed by atoms with Gasteiger partial charge in [0, 0.05) is 46.2 Å². The van der Waals surface area contributed by atoms with Crippen LogP contribution in [0, 0.1) is 18.1 Å². The van der Waals surface area contributed by atoms with Crippen molar-refractivity contribution in [2.75, 3.05) is 0 Å². The largest absolute Gasteiger partial charge is 0.486 e. The number of benzene rings is 3. The number of aromatic nitrogens is 3. The zero-order chi connectivity index (χ0) is 38.1. The quantitative estimate of drug-likeness (QED) is 0.118. The molecular formula is C47H49IrN3OSi-2. The van der Waals surface area contributed by atoms with Crippen molar-refractivity contribution < 1.29 is 27.3 Å². The Morgan fingerprint density at radius 2 is 1.53 bits per heavy atom. The van der Waals surface area contributed by atoms with E-state index < -0.39 is 19.9 Å². The van der Waals surface area contributed by atoms with Crippen LogP contribution < -0.4 is 5.19 Å². The molecule has 6 heteroatoms. The van der Waals surface area contributed by atoms with Crippen molar-refractivity contribution in [2.24, 2.45) is 5.92 Å². The maximum atomic E-state index is 9.16. The molecule has 1 aliphatic carbocycles. The normalized spacial score (nSPS) is 15.4. The van der Waals surface area contributed by atoms with Gasteiger partial charge in [0.05, 0.1) is 19.4 Å². The summed E-state index contributed by atoms with van der Waals surface area (Å²) < 4.78 is 23.7. The van der Waals surface area contributed by atoms with E-state index in [0.29, 0.717) is 11.6 Å². The molecule has 1 saturated carbocycles. The van der Waals surface area contributed by atoms with Crippen molar-refractivity contribution in [3.63, 3.8) is 0 Å². The Bertz CT molecular complexity index is 2380. The molecule has 1 unspecified atom stereocenters. The van der Waals surface area contributed by atoms with E-state index in [4.69, 9.17) is 12.1 Å². The minimum atomic E-state index is -1.50. The first-order valence-electron chi connectivity index (χ1n) is 19.5. The Hall–Kier alpha value is -4.22. The first-order valence-corrected chi connectivity index (χ1v) is 22.0. The van der Waals surface area contributed by atoms with Gasteiger partial charge in [-0.05, 0) is 65.3 Å². The summed E-state index contributed by atoms with van der Waals surface area (Å²) >= 11 is 0. The van der Waals surface area contributed by atoms with E-state index in [1.165, 1.54) is 24.4 Å². The van der Waals surface area contributed by atoms with Crippen LogP contribution in [0.3, 0.4) is 0 Å². The van der Waals surface area contributed by atoms with Crippen LogP contribution in [0.2, 0.25) is 19.6 Å². The molecule has 0 N–H and O–H groups in total. The fourth-order valence-corrected chi connectivity index (χ4v) is 8.86. The number of rotatable bonds is 7. The summed E-state index contributed by atoms with van der Waals surface area (Å²) in [6, 6.07) is 38.8. The molecule has 1 atom stereocenters. The Morgan fingerprint density at radius 1 is 0.774 bits per heavy atom. The molecule has 1 radical (unpaired) electrons. The fraction of sp³-hybridized carbons (Fsp3) is 0.298. The fourth-order valence-electron chi connectivity index (χ4n) is 7.28. The van der Waals surface area contributed by atoms with E-state index in [1.807, 2.05) is 86.9 Å². The smallest absolute Gasteiger partial charge is 0.216 e. The van der Waals surface area contributed by atoms with Gasteiger partial charge in [-0.1, -0.05) is 119 Å². The van der Waals surface area contributed by atoms with E-state index in [9.17, 15) is 0 Å². The summed E-state index contributed by atoms with van der Waals surface area (Å²) in [5.41, 5.74) is 9.11. The van der Waals surface area contributed by atoms with Crippen LogP contribution in [-0.4, -0.2) is 23.0 Å². The van der Waals surface area contributed by atoms with Gasteiger partial charge in [-0.15, -0.1) is 59.7 Å². The molecular weight excluding hydrogens is 843 g/mol. The van der Waals surface area contributed by atoms with Crippen LogP contribution in [0.1, 0.15) is 78.5 Å². The van der Waals surface area contributed by atoms with Crippen molar-refractivity contribution in [3.05, 3.63) is 133 Å². The van der Waals surface area contributed by atoms with Gasteiger partial charge in [0.1, 0.15) is 0 Å². The minimum Gasteiger partial charge on any atom is -0.486 e. The maximum absolute atomic E-state index is 9.16. The zero-order valence-corrected chi connectivity index (χ0v) is 35.0. The van der Waals surface area contributed by atoms with Crippen molar-refractivity contribution >= 4 is 35.3 Å². The Morgan fingerprint density at radius 3 is 2.25 bits per heavy atom. The first kappa shape index (κ1) is 35.8. The predicted octanol–water partition coefficient (Wildman–Crippen LogP) is 12.4. The number of nitrogens with zero attached hydrogens (tertiary/aromatic N) is 3. The average Bonchev–Trinajstić information content (AvgIpc) is 3.55. The van der Waals surface area contributed by atoms with E-state index in [0.717, 1.165) is 74.1 Å². The molecule has 3 aromatic carbocycles. The molecule has 0 bridgehead atoms. The summed E-state index contributed by atoms with van der Waals surface area (Å²) in [7, 11) is -1.50. The summed E-state index contributed by atoms with van der Waals surface area (Å²) in [6.07, 6.45) is 9.84. The van der Waals surface area contributed by atoms with Crippen LogP contribution in [-0.2, 0) is 20.1 Å². The second-order valence-corrected chi connectivity index (χ2v) is 20.3. The van der Waals surface area contributed by atoms with Gasteiger partial charge in [-0.3, -0.25) is 0 Å². The van der Waals surface area contributed by atoms with E-state index >= 15 is 0 Å². The third kappa shape index (κ3) is 8.78. The number of pyridine rings is 3. The van der Waals surface area contributed by atoms with E-state index in [1.54, 1.807) is 0 Å². The van der Waals surface area contributed by atoms with Crippen LogP contribution in [0.4, 0.5) is 0 Å². The predicted molar refractivity (Wildman–Crippen MR) is 220 cm³/mol. The third-order valence-electron chi connectivity index (χ3n) is 10.3. The van der Waals surface area contributed by atoms with Crippen molar-refractivity contribution in [1.29, 1.82) is 0 Å². The molecule has 0 aliphatic heterocycles. The van der Waals surface area contributed by atoms with E-state index in [-0.39, 0.29) is 20.1 Å². The molecule has 0 spiro atoms. The number of hydrogen-bond acceptors (Lipinski definition) is 4. The summed E-state index contributed by atoms with van der Waals surface area (Å²) in [5.74, 6) is -0.824. The van der Waals surface area contributed by atoms with Gasteiger partial charge in [0.2, 0.25) is 5.71 Å². The van der Waals surface area contributed by atoms with Gasteiger partial charge in [0.15, 0.2) is 0 Å². The molecule has 1 aliphatic rings. The molecule has 0 amide bonds. The van der Waals surface area contributed by atoms with Gasteiger partial charge in [-0.2, -0.15) is 0 Å². The van der Waals surface area contributed by atoms with Crippen LogP contribution in [0.25, 0.3) is 55.8 Å². The molecule has 53 heavy (non-hydrogen) atoms. The Kier molecular flexibility index (Phi) is 11.4. The van der Waals surface area contributed by atoms with Gasteiger partial charge in [0.25, 0.3) is 0 Å². The number of furan rings is 1. The third-order valence-corrected chi connectivity index (χ3v) is 12.3. The molecule has 273 valence electrons. The molecule has 4 nitrogen and oxygen atoms in total. The molecule has 0 saturated heterocycles. The average molecular weight is 894 g/mol. The maximum Gasteiger partial charge on any atom is 0.216 e. The van der Waals surface area contributed by atoms with Gasteiger partial charge >= 0.3 is 0 Å². The second-order valence-electron chi connectivity index (χ2n) is 15.2. The van der Waals surface area contributed by atoms with Crippen LogP contribution in [0.15, 0.2) is 114 Å². The summed E-state index contributed by atoms with van der Waals surface area (Å²) in [5, 5.41) is 3.26. The molecule has 4 heterocycles. The SMILES string of the molecule is [2H]C(C)(C)c1cc(-c2[c-]cccc2)ncc1[Si](C)(C)C.[2H]C(C)(c1ccnc(-c2[c-]cc3oc4nc(-c5ccccc5)ccc4c3c2)c1)C1CCCCC1.[Ir]. The van der Waals surface area contributed by atoms with Crippen LogP contribution >= 0.6 is 0 Å². The zero-order valence-electron chi connectivity index (χ0n) is 33.6. The monoisotopic (exact) mass is 894 g/mol. The standard InChI is InChI=1S/C30H27N2O.C17H22NSi.Ir/c1-20(21-8-4-2-5-9-21)23-16-17-31-28(19-23)24-12-15-29-26(18-24)25-13-14-27(32-30(25)33-29)22-10-6-3-7-11-22;1-13(2)15-11-16(14-9-7-6-8-10-14)18-12-17(15)19(3,4)5;/h3,6-7,10-11,13-21H,2,4-5,8-9H2,1H3;6-9,11-13H,1-5H3;/q2*-1;/i20D;13D;. The molecule has 8 rings (SSSR count). The first-order chi connectivity index (χ1) is 25.8. The summed E-state index contributed by atoms with van der Waals surface area (Å²) in [6.45, 7) is 12.9. The molecule has 1 fully saturated rings. The second kappa shape index (κ2) is 16.8. The molecule has 4 aromatic heterocycles. The van der Waals surface area contributed by atoms with Gasteiger partial charge in [-0.25, -0.2) is 4.98 Å². The van der Waals surface area contributed by atoms with E-state index in [2.05, 4.69) is 85.1 Å². The van der Waals surface area contributed by atoms with Crippen molar-refractivity contribution in [1.82, 2.24) is 15.0 Å². The topological polar surface area (TPSA) is 51.8 Å². The summed E-state index contributed by atoms with van der Waals surface area (Å²) in [4.78, 5) is 14.0. The van der Waals surface area contributed by atoms with Crippen LogP contribution in [0.5, 0.6) is 0 Å². The van der Waals surface area contributed by atoms with Crippen molar-refractivity contribution in [3.8, 4) is 33.8 Å². The molecule has 7 aromatic rings. The minimum absolute atomic E-state index is 0.